The quantitative estimate of drug-likeness (QED) is 0.0521. The van der Waals surface area contributed by atoms with E-state index in [1.54, 1.807) is 6.92 Å². The van der Waals surface area contributed by atoms with Crippen LogP contribution in [0.2, 0.25) is 0 Å². The number of rotatable bonds is 21. The van der Waals surface area contributed by atoms with Gasteiger partial charge in [0.1, 0.15) is 5.92 Å². The number of hydrogen-bond acceptors (Lipinski definition) is 6. The number of hydrogen-bond donors (Lipinski definition) is 0. The van der Waals surface area contributed by atoms with Gasteiger partial charge in [0.25, 0.3) is 0 Å². The molecule has 356 valence electrons. The van der Waals surface area contributed by atoms with Gasteiger partial charge >= 0.3 is 35.0 Å². The number of fused-ring (bicyclic) bond motifs is 7. The van der Waals surface area contributed by atoms with Gasteiger partial charge in [-0.05, 0) is 81.0 Å². The Morgan fingerprint density at radius 2 is 1.26 bits per heavy atom. The van der Waals surface area contributed by atoms with Crippen LogP contribution >= 0.6 is 0 Å². The van der Waals surface area contributed by atoms with Gasteiger partial charge in [-0.2, -0.15) is 22.8 Å². The van der Waals surface area contributed by atoms with E-state index in [0.29, 0.717) is 75.4 Å². The zero-order chi connectivity index (χ0) is 47.3. The zero-order valence-electron chi connectivity index (χ0n) is 42.3. The van der Waals surface area contributed by atoms with Crippen LogP contribution in [0.4, 0.5) is 0 Å². The fourth-order valence-corrected chi connectivity index (χ4v) is 10.8. The van der Waals surface area contributed by atoms with Gasteiger partial charge < -0.3 is 30.1 Å². The second-order valence-corrected chi connectivity index (χ2v) is 20.6. The van der Waals surface area contributed by atoms with E-state index in [9.17, 15) is 19.2 Å². The molecule has 5 heterocycles. The first kappa shape index (κ1) is 53.1. The van der Waals surface area contributed by atoms with Crippen molar-refractivity contribution in [2.24, 2.45) is 53.3 Å². The van der Waals surface area contributed by atoms with Gasteiger partial charge in [-0.1, -0.05) is 155 Å². The summed E-state index contributed by atoms with van der Waals surface area (Å²) in [6, 6.07) is 0. The van der Waals surface area contributed by atoms with Crippen LogP contribution in [0.1, 0.15) is 200 Å². The average molecular weight is 914 g/mol. The first-order valence-electron chi connectivity index (χ1n) is 24.9. The molecule has 0 amide bonds. The standard InChI is InChI=1S/C55H78N4O6.Mg/c1-13-39-34(7)41-29-46-48(38(11)60)36(9)43(57-46)27-42-35(8)40(52(58-42)50-51(55(63)64-12)54(62)49-37(10)44(59-53(49)50)28-45(39)56-41)23-24-47(61)65-26-25-33(6)22-16-21-32(5)20-15-19-31(4)18-14-17-30(2)3;/h27-35,39-40,51H,13-26H2,1-12H3,(H2-2,56,57,58,59,60,62);/q-2;+2/p-2/b42-27-,45-28-;/t31-,32+,33?,34-,35+,39-,40+,51-;/m1./s1. The Hall–Kier alpha value is -3.83. The molecule has 2 saturated heterocycles. The molecule has 0 N–H and O–H groups in total. The maximum Gasteiger partial charge on any atom is 2.00 e. The Morgan fingerprint density at radius 3 is 1.85 bits per heavy atom. The summed E-state index contributed by atoms with van der Waals surface area (Å²) in [5, 5.41) is 10.3. The maximum atomic E-state index is 14.4. The molecular weight excluding hydrogens is 837 g/mol. The third kappa shape index (κ3) is 11.9. The minimum atomic E-state index is -1.24. The first-order chi connectivity index (χ1) is 30.9. The van der Waals surface area contributed by atoms with Crippen LogP contribution < -0.4 is 9.97 Å². The topological polar surface area (TPSA) is 143 Å². The van der Waals surface area contributed by atoms with E-state index >= 15 is 0 Å². The molecule has 4 aliphatic rings. The van der Waals surface area contributed by atoms with Crippen molar-refractivity contribution in [2.45, 2.75) is 160 Å². The molecule has 2 fully saturated rings. The number of aromatic nitrogens is 2. The Balaban J connectivity index is 0.00000817. The van der Waals surface area contributed by atoms with Gasteiger partial charge in [0.15, 0.2) is 11.6 Å². The van der Waals surface area contributed by atoms with Crippen molar-refractivity contribution < 1.29 is 28.7 Å². The summed E-state index contributed by atoms with van der Waals surface area (Å²) in [5.41, 5.74) is 7.97. The van der Waals surface area contributed by atoms with E-state index in [1.165, 1.54) is 58.5 Å². The Bertz CT molecular complexity index is 2220. The van der Waals surface area contributed by atoms with Gasteiger partial charge in [0.2, 0.25) is 0 Å². The molecule has 0 saturated carbocycles. The first-order valence-corrected chi connectivity index (χ1v) is 24.9. The van der Waals surface area contributed by atoms with E-state index in [2.05, 4.69) is 48.5 Å². The second kappa shape index (κ2) is 23.5. The van der Waals surface area contributed by atoms with Crippen molar-refractivity contribution in [3.8, 4) is 0 Å². The molecule has 0 aromatic carbocycles. The molecule has 1 unspecified atom stereocenters. The van der Waals surface area contributed by atoms with Crippen LogP contribution in [0.3, 0.4) is 0 Å². The number of carbonyl (C=O) groups excluding carboxylic acids is 4. The predicted molar refractivity (Wildman–Crippen MR) is 266 cm³/mol. The molecule has 8 bridgehead atoms. The molecule has 0 radical (unpaired) electrons. The molecule has 1 aliphatic carbocycles. The van der Waals surface area contributed by atoms with Crippen LogP contribution in [0.5, 0.6) is 0 Å². The number of methoxy groups -OCH3 is 1. The van der Waals surface area contributed by atoms with Crippen molar-refractivity contribution in [2.75, 3.05) is 13.7 Å². The molecule has 6 rings (SSSR count). The molecule has 2 aromatic heterocycles. The molecule has 3 aliphatic heterocycles. The predicted octanol–water partition coefficient (Wildman–Crippen LogP) is 13.0. The molecular formula is C55H76MgN4O6-2. The maximum absolute atomic E-state index is 14.4. The number of ether oxygens (including phenoxy) is 2. The van der Waals surface area contributed by atoms with Crippen LogP contribution in [0.15, 0.2) is 22.8 Å². The number of allylic oxidation sites excluding steroid dienone is 4. The van der Waals surface area contributed by atoms with Gasteiger partial charge in [0, 0.05) is 17.5 Å². The minimum absolute atomic E-state index is 0. The fourth-order valence-electron chi connectivity index (χ4n) is 10.8. The number of nitrogens with zero attached hydrogens (tertiary/aromatic N) is 4. The summed E-state index contributed by atoms with van der Waals surface area (Å²) in [7, 11) is 1.29. The number of ketones is 2. The number of carbonyl (C=O) groups is 4. The van der Waals surface area contributed by atoms with Crippen LogP contribution in [-0.4, -0.2) is 60.3 Å². The summed E-state index contributed by atoms with van der Waals surface area (Å²) in [6.07, 6.45) is 19.5. The average Bonchev–Trinajstić information content (AvgIpc) is 4.00. The normalized spacial score (nSPS) is 25.7. The second-order valence-electron chi connectivity index (χ2n) is 20.6. The van der Waals surface area contributed by atoms with E-state index in [-0.39, 0.29) is 70.7 Å². The summed E-state index contributed by atoms with van der Waals surface area (Å²) < 4.78 is 11.1. The molecule has 8 atom stereocenters. The summed E-state index contributed by atoms with van der Waals surface area (Å²) in [5.74, 6) is -0.269. The van der Waals surface area contributed by atoms with Crippen LogP contribution in [-0.2, 0) is 19.1 Å². The molecule has 2 aromatic rings. The van der Waals surface area contributed by atoms with Crippen molar-refractivity contribution in [3.63, 3.8) is 0 Å². The molecule has 66 heavy (non-hydrogen) atoms. The van der Waals surface area contributed by atoms with E-state index < -0.39 is 11.9 Å². The Labute approximate surface area is 412 Å². The van der Waals surface area contributed by atoms with Crippen LogP contribution in [0.25, 0.3) is 34.4 Å². The van der Waals surface area contributed by atoms with Gasteiger partial charge in [-0.25, -0.2) is 0 Å². The largest absolute Gasteiger partial charge is 2.00 e. The van der Waals surface area contributed by atoms with Gasteiger partial charge in [0.05, 0.1) is 13.7 Å². The van der Waals surface area contributed by atoms with E-state index in [0.717, 1.165) is 54.0 Å². The number of Topliss-reactive ketones (excluding diaryl/α,β-unsaturated/α-hetero) is 2. The summed E-state index contributed by atoms with van der Waals surface area (Å²) >= 11 is 0. The van der Waals surface area contributed by atoms with Crippen molar-refractivity contribution in [1.29, 1.82) is 0 Å². The molecule has 11 heteroatoms. The van der Waals surface area contributed by atoms with E-state index in [4.69, 9.17) is 30.1 Å². The molecule has 0 spiro atoms. The van der Waals surface area contributed by atoms with Crippen molar-refractivity contribution in [3.05, 3.63) is 78.5 Å². The van der Waals surface area contributed by atoms with Crippen molar-refractivity contribution >= 4 is 70.4 Å². The number of esters is 2. The minimum Gasteiger partial charge on any atom is -0.664 e. The third-order valence-corrected chi connectivity index (χ3v) is 15.1. The molecule has 10 nitrogen and oxygen atoms in total. The smallest absolute Gasteiger partial charge is 0.664 e. The van der Waals surface area contributed by atoms with Crippen molar-refractivity contribution in [1.82, 2.24) is 9.97 Å². The Morgan fingerprint density at radius 1 is 0.712 bits per heavy atom. The van der Waals surface area contributed by atoms with Gasteiger partial charge in [-0.15, -0.1) is 22.8 Å². The fraction of sp³-hybridized carbons (Fsp3) is 0.636. The monoisotopic (exact) mass is 913 g/mol. The van der Waals surface area contributed by atoms with Crippen LogP contribution in [0, 0.1) is 67.1 Å². The third-order valence-electron chi connectivity index (χ3n) is 15.1. The summed E-state index contributed by atoms with van der Waals surface area (Å²) in [4.78, 5) is 64.7. The zero-order valence-corrected chi connectivity index (χ0v) is 43.7. The Kier molecular flexibility index (Phi) is 18.9. The van der Waals surface area contributed by atoms with Gasteiger partial charge in [-0.3, -0.25) is 19.2 Å². The SMILES string of the molecule is CC[C@H]1/C2=C/c3[n-]c4c(c3C)C(=O)[C@H](C(=O)OC)/C4=C3/[N-]/C(=C\c4[n-]c(c(C(C)=O)c4C)/C=C(\[N-]2)[C@@H]1C)[C@@H](C)[C@@H]3CCC(=O)OCCC(C)CCC[C@@H](C)CCC[C@H](C)CCCC(C)C.[Mg+2]. The summed E-state index contributed by atoms with van der Waals surface area (Å²) in [6.45, 7) is 23.7. The van der Waals surface area contributed by atoms with E-state index in [1.807, 2.05) is 39.0 Å².